The number of fused-ring (bicyclic) bond motifs is 1. The molecule has 2 aliphatic rings. The van der Waals surface area contributed by atoms with Crippen LogP contribution in [0.25, 0.3) is 27.1 Å². The van der Waals surface area contributed by atoms with E-state index >= 15 is 0 Å². The number of amides is 1. The van der Waals surface area contributed by atoms with Crippen LogP contribution in [0.3, 0.4) is 0 Å². The van der Waals surface area contributed by atoms with Crippen LogP contribution in [0.4, 0.5) is 14.6 Å². The fraction of sp³-hybridized carbons (Fsp3) is 0.300. The molecule has 1 atom stereocenters. The number of para-hydroxylation sites is 1. The van der Waals surface area contributed by atoms with Crippen molar-refractivity contribution in [3.05, 3.63) is 83.6 Å². The largest absolute Gasteiger partial charge is 0.451 e. The molecule has 1 amide bonds. The number of anilines is 1. The fourth-order valence-electron chi connectivity index (χ4n) is 4.97. The van der Waals surface area contributed by atoms with Crippen LogP contribution in [-0.2, 0) is 4.79 Å². The number of ether oxygens (including phenoxy) is 1. The molecular formula is C30H29F2N7O2. The number of nitrogens with two attached hydrogens (primary N) is 1. The Kier molecular flexibility index (Phi) is 7.66. The lowest BCUT2D eigenvalue weighted by molar-refractivity contribution is -0.128. The molecule has 41 heavy (non-hydrogen) atoms. The molecule has 1 saturated heterocycles. The predicted molar refractivity (Wildman–Crippen MR) is 151 cm³/mol. The summed E-state index contributed by atoms with van der Waals surface area (Å²) in [4.78, 5) is 27.0. The van der Waals surface area contributed by atoms with E-state index in [1.54, 1.807) is 39.9 Å². The number of halogens is 2. The SMILES string of the molecule is C.[C-]#[N+]C(=CC1CC1)C(=O)N1CCC[C@@H](n2nc(-c3ccc(Oc4c(F)cccc4F)cc3)c3c(N)ncnc32)C1. The Labute approximate surface area is 236 Å². The number of allylic oxidation sites excluding steroid dienone is 1. The zero-order chi connectivity index (χ0) is 27.8. The smallest absolute Gasteiger partial charge is 0.252 e. The number of carbonyl (C=O) groups excluding carboxylic acids is 1. The number of nitrogen functional groups attached to an aromatic ring is 1. The maximum atomic E-state index is 14.0. The molecule has 1 aliphatic heterocycles. The summed E-state index contributed by atoms with van der Waals surface area (Å²) < 4.78 is 35.3. The molecule has 2 aromatic heterocycles. The standard InChI is InChI=1S/C29H25F2N7O2.CH4/c1-33-23(14-17-7-8-17)29(39)37-13-3-4-19(15-37)38-28-24(27(32)34-16-35-28)25(36-38)18-9-11-20(12-10-18)40-26-21(30)5-2-6-22(26)31;/h2,5-6,9-12,14,16-17,19H,3-4,7-8,13,15H2,(H2,32,34,35);1H4/t19-;/m1./s1. The van der Waals surface area contributed by atoms with Gasteiger partial charge in [0, 0.05) is 18.7 Å². The van der Waals surface area contributed by atoms with E-state index in [1.807, 2.05) is 0 Å². The highest BCUT2D eigenvalue weighted by Gasteiger charge is 2.31. The van der Waals surface area contributed by atoms with Gasteiger partial charge in [-0.15, -0.1) is 0 Å². The number of aromatic nitrogens is 4. The number of piperidine rings is 1. The van der Waals surface area contributed by atoms with Gasteiger partial charge in [0.05, 0.1) is 18.0 Å². The maximum absolute atomic E-state index is 14.0. The van der Waals surface area contributed by atoms with Gasteiger partial charge in [0.1, 0.15) is 23.6 Å². The lowest BCUT2D eigenvalue weighted by atomic mass is 10.1. The summed E-state index contributed by atoms with van der Waals surface area (Å²) in [6.45, 7) is 8.44. The lowest BCUT2D eigenvalue weighted by Crippen LogP contribution is -2.41. The number of rotatable bonds is 6. The maximum Gasteiger partial charge on any atom is 0.252 e. The number of hydrogen-bond donors (Lipinski definition) is 1. The van der Waals surface area contributed by atoms with Gasteiger partial charge < -0.3 is 15.4 Å². The Morgan fingerprint density at radius 1 is 1.10 bits per heavy atom. The first-order valence-electron chi connectivity index (χ1n) is 13.0. The normalized spacial score (nSPS) is 17.1. The van der Waals surface area contributed by atoms with E-state index in [-0.39, 0.29) is 36.6 Å². The molecule has 11 heteroatoms. The van der Waals surface area contributed by atoms with Gasteiger partial charge in [0.15, 0.2) is 23.0 Å². The number of hydrogen-bond acceptors (Lipinski definition) is 6. The van der Waals surface area contributed by atoms with Crippen LogP contribution in [0.1, 0.15) is 39.2 Å². The molecule has 2 aromatic carbocycles. The second-order valence-electron chi connectivity index (χ2n) is 9.98. The van der Waals surface area contributed by atoms with E-state index in [0.717, 1.165) is 37.8 Å². The van der Waals surface area contributed by atoms with Crippen LogP contribution in [-0.4, -0.2) is 43.6 Å². The molecule has 4 aromatic rings. The Bertz CT molecular complexity index is 1650. The molecule has 0 bridgehead atoms. The third kappa shape index (κ3) is 5.45. The third-order valence-corrected chi connectivity index (χ3v) is 7.17. The summed E-state index contributed by atoms with van der Waals surface area (Å²) in [6.07, 6.45) is 6.73. The van der Waals surface area contributed by atoms with Gasteiger partial charge in [-0.05, 0) is 68.0 Å². The van der Waals surface area contributed by atoms with Crippen molar-refractivity contribution in [2.24, 2.45) is 5.92 Å². The highest BCUT2D eigenvalue weighted by Crippen LogP contribution is 2.36. The van der Waals surface area contributed by atoms with E-state index in [2.05, 4.69) is 14.8 Å². The monoisotopic (exact) mass is 557 g/mol. The van der Waals surface area contributed by atoms with Gasteiger partial charge in [-0.3, -0.25) is 4.79 Å². The molecule has 3 heterocycles. The van der Waals surface area contributed by atoms with Crippen molar-refractivity contribution < 1.29 is 18.3 Å². The van der Waals surface area contributed by atoms with Crippen LogP contribution in [0.5, 0.6) is 11.5 Å². The summed E-state index contributed by atoms with van der Waals surface area (Å²) >= 11 is 0. The third-order valence-electron chi connectivity index (χ3n) is 7.17. The Balaban J connectivity index is 0.00000337. The first-order valence-corrected chi connectivity index (χ1v) is 13.0. The van der Waals surface area contributed by atoms with Crippen LogP contribution in [0, 0.1) is 24.1 Å². The molecular weight excluding hydrogens is 528 g/mol. The first-order chi connectivity index (χ1) is 19.4. The molecule has 2 N–H and O–H groups in total. The quantitative estimate of drug-likeness (QED) is 0.225. The van der Waals surface area contributed by atoms with Gasteiger partial charge in [0.2, 0.25) is 5.70 Å². The summed E-state index contributed by atoms with van der Waals surface area (Å²) in [7, 11) is 0. The van der Waals surface area contributed by atoms with Crippen molar-refractivity contribution in [3.8, 4) is 22.8 Å². The zero-order valence-electron chi connectivity index (χ0n) is 21.4. The predicted octanol–water partition coefficient (Wildman–Crippen LogP) is 6.16. The van der Waals surface area contributed by atoms with E-state index < -0.39 is 17.4 Å². The van der Waals surface area contributed by atoms with E-state index in [0.29, 0.717) is 41.3 Å². The number of nitrogens with zero attached hydrogens (tertiary/aromatic N) is 6. The van der Waals surface area contributed by atoms with Gasteiger partial charge >= 0.3 is 0 Å². The Morgan fingerprint density at radius 2 is 1.83 bits per heavy atom. The van der Waals surface area contributed by atoms with Crippen molar-refractivity contribution in [1.29, 1.82) is 0 Å². The molecule has 0 radical (unpaired) electrons. The molecule has 0 spiro atoms. The number of carbonyl (C=O) groups is 1. The number of benzene rings is 2. The van der Waals surface area contributed by atoms with Gasteiger partial charge in [-0.2, -0.15) is 5.10 Å². The highest BCUT2D eigenvalue weighted by molar-refractivity contribution is 5.98. The summed E-state index contributed by atoms with van der Waals surface area (Å²) in [5.41, 5.74) is 8.20. The lowest BCUT2D eigenvalue weighted by Gasteiger charge is -2.33. The molecule has 9 nitrogen and oxygen atoms in total. The van der Waals surface area contributed by atoms with Gasteiger partial charge in [-0.25, -0.2) is 28.3 Å². The van der Waals surface area contributed by atoms with Crippen molar-refractivity contribution in [2.75, 3.05) is 18.8 Å². The zero-order valence-corrected chi connectivity index (χ0v) is 21.4. The van der Waals surface area contributed by atoms with E-state index in [9.17, 15) is 13.6 Å². The van der Waals surface area contributed by atoms with Crippen LogP contribution >= 0.6 is 0 Å². The topological polar surface area (TPSA) is 104 Å². The second kappa shape index (κ2) is 11.3. The average Bonchev–Trinajstić information content (AvgIpc) is 3.71. The molecule has 1 saturated carbocycles. The fourth-order valence-corrected chi connectivity index (χ4v) is 4.97. The molecule has 1 aliphatic carbocycles. The van der Waals surface area contributed by atoms with E-state index in [1.165, 1.54) is 12.4 Å². The Hall–Kier alpha value is -4.85. The van der Waals surface area contributed by atoms with Crippen LogP contribution in [0.2, 0.25) is 0 Å². The van der Waals surface area contributed by atoms with Crippen molar-refractivity contribution in [3.63, 3.8) is 0 Å². The van der Waals surface area contributed by atoms with Gasteiger partial charge in [0.25, 0.3) is 5.91 Å². The summed E-state index contributed by atoms with van der Waals surface area (Å²) in [5, 5.41) is 5.43. The minimum atomic E-state index is -0.801. The minimum Gasteiger partial charge on any atom is -0.451 e. The second-order valence-corrected chi connectivity index (χ2v) is 9.98. The summed E-state index contributed by atoms with van der Waals surface area (Å²) in [6, 6.07) is 9.95. The van der Waals surface area contributed by atoms with Crippen molar-refractivity contribution >= 4 is 22.8 Å². The molecule has 2 fully saturated rings. The van der Waals surface area contributed by atoms with Gasteiger partial charge in [-0.1, -0.05) is 19.6 Å². The first kappa shape index (κ1) is 27.7. The molecule has 210 valence electrons. The number of likely N-dealkylation sites (tertiary alicyclic amines) is 1. The Morgan fingerprint density at radius 3 is 2.51 bits per heavy atom. The van der Waals surface area contributed by atoms with Crippen molar-refractivity contribution in [1.82, 2.24) is 24.6 Å². The highest BCUT2D eigenvalue weighted by atomic mass is 19.1. The van der Waals surface area contributed by atoms with Crippen LogP contribution in [0.15, 0.2) is 60.6 Å². The van der Waals surface area contributed by atoms with Crippen LogP contribution < -0.4 is 10.5 Å². The minimum absolute atomic E-state index is 0. The van der Waals surface area contributed by atoms with Crippen molar-refractivity contribution in [2.45, 2.75) is 39.2 Å². The molecule has 0 unspecified atom stereocenters. The summed E-state index contributed by atoms with van der Waals surface area (Å²) in [5.74, 6) is -1.50. The molecule has 6 rings (SSSR count). The average molecular weight is 558 g/mol. The van der Waals surface area contributed by atoms with E-state index in [4.69, 9.17) is 22.1 Å².